The third-order valence-electron chi connectivity index (χ3n) is 5.81. The number of nitrogen functional groups attached to an aromatic ring is 2. The molecule has 0 fully saturated rings. The Morgan fingerprint density at radius 2 is 1.11 bits per heavy atom. The van der Waals surface area contributed by atoms with E-state index in [0.717, 1.165) is 47.0 Å². The first-order valence-corrected chi connectivity index (χ1v) is 11.9. The van der Waals surface area contributed by atoms with Gasteiger partial charge in [-0.25, -0.2) is 0 Å². The lowest BCUT2D eigenvalue weighted by atomic mass is 9.93. The molecule has 178 valence electrons. The lowest BCUT2D eigenvalue weighted by molar-refractivity contribution is 0.482. The fraction of sp³-hybridized carbons (Fsp3) is 0.0625. The van der Waals surface area contributed by atoms with Gasteiger partial charge in [-0.05, 0) is 78.1 Å². The molecule has 4 nitrogen and oxygen atoms in total. The summed E-state index contributed by atoms with van der Waals surface area (Å²) in [4.78, 5) is 0. The zero-order valence-corrected chi connectivity index (χ0v) is 19.9. The number of anilines is 2. The molecule has 0 unspecified atom stereocenters. The lowest BCUT2D eigenvalue weighted by Gasteiger charge is -2.13. The van der Waals surface area contributed by atoms with Gasteiger partial charge in [0, 0.05) is 23.5 Å². The van der Waals surface area contributed by atoms with Crippen molar-refractivity contribution in [2.45, 2.75) is 12.8 Å². The third-order valence-corrected chi connectivity index (χ3v) is 5.81. The first-order valence-electron chi connectivity index (χ1n) is 11.9. The van der Waals surface area contributed by atoms with Gasteiger partial charge in [-0.3, -0.25) is 0 Å². The minimum Gasteiger partial charge on any atom is -0.457 e. The van der Waals surface area contributed by atoms with E-state index < -0.39 is 0 Å². The molecular weight excluding hydrogens is 444 g/mol. The van der Waals surface area contributed by atoms with Gasteiger partial charge >= 0.3 is 0 Å². The van der Waals surface area contributed by atoms with E-state index in [9.17, 15) is 0 Å². The molecule has 0 saturated heterocycles. The number of rotatable bonds is 6. The van der Waals surface area contributed by atoms with Crippen LogP contribution in [0.1, 0.15) is 24.0 Å². The van der Waals surface area contributed by atoms with Crippen LogP contribution >= 0.6 is 0 Å². The highest BCUT2D eigenvalue weighted by atomic mass is 16.5. The van der Waals surface area contributed by atoms with Gasteiger partial charge in [0.25, 0.3) is 0 Å². The number of nitrogens with two attached hydrogens (primary N) is 2. The molecule has 0 spiro atoms. The summed E-state index contributed by atoms with van der Waals surface area (Å²) >= 11 is 0. The van der Waals surface area contributed by atoms with E-state index in [0.29, 0.717) is 11.4 Å². The van der Waals surface area contributed by atoms with Crippen LogP contribution in [0.3, 0.4) is 0 Å². The first-order chi connectivity index (χ1) is 17.6. The normalized spacial score (nSPS) is 15.2. The summed E-state index contributed by atoms with van der Waals surface area (Å²) in [5.41, 5.74) is 18.0. The third kappa shape index (κ3) is 6.24. The van der Waals surface area contributed by atoms with E-state index in [2.05, 4.69) is 48.6 Å². The van der Waals surface area contributed by atoms with Gasteiger partial charge in [0.1, 0.15) is 23.0 Å². The maximum absolute atomic E-state index is 5.90. The number of hydrogen-bond acceptors (Lipinski definition) is 4. The van der Waals surface area contributed by atoms with Crippen LogP contribution in [-0.2, 0) is 0 Å². The molecule has 4 aromatic rings. The SMILES string of the molecule is Nc1cccc(Oc2ccc(C=C3C=CCC(=Cc4ccc(Oc5cccc(N)c5)cc4)C3)cc2)c1. The molecule has 0 aromatic heterocycles. The predicted octanol–water partition coefficient (Wildman–Crippen LogP) is 8.25. The largest absolute Gasteiger partial charge is 0.457 e. The van der Waals surface area contributed by atoms with E-state index >= 15 is 0 Å². The van der Waals surface area contributed by atoms with Gasteiger partial charge in [0.15, 0.2) is 0 Å². The van der Waals surface area contributed by atoms with Gasteiger partial charge in [0.2, 0.25) is 0 Å². The van der Waals surface area contributed by atoms with Crippen LogP contribution in [-0.4, -0.2) is 0 Å². The van der Waals surface area contributed by atoms with Crippen LogP contribution in [0.4, 0.5) is 11.4 Å². The fourth-order valence-electron chi connectivity index (χ4n) is 4.11. The van der Waals surface area contributed by atoms with Crippen LogP contribution in [0, 0.1) is 0 Å². The van der Waals surface area contributed by atoms with Crippen molar-refractivity contribution in [1.29, 1.82) is 0 Å². The average Bonchev–Trinajstić information content (AvgIpc) is 2.87. The second-order valence-electron chi connectivity index (χ2n) is 8.79. The van der Waals surface area contributed by atoms with Crippen molar-refractivity contribution in [3.05, 3.63) is 131 Å². The van der Waals surface area contributed by atoms with E-state index in [1.54, 1.807) is 0 Å². The summed E-state index contributed by atoms with van der Waals surface area (Å²) in [6.45, 7) is 0. The highest BCUT2D eigenvalue weighted by Gasteiger charge is 2.07. The monoisotopic (exact) mass is 472 g/mol. The number of hydrogen-bond donors (Lipinski definition) is 2. The molecule has 1 aliphatic carbocycles. The average molecular weight is 473 g/mol. The topological polar surface area (TPSA) is 70.5 Å². The molecule has 0 heterocycles. The highest BCUT2D eigenvalue weighted by Crippen LogP contribution is 2.29. The van der Waals surface area contributed by atoms with Crippen molar-refractivity contribution in [2.75, 3.05) is 11.5 Å². The molecule has 5 rings (SSSR count). The maximum atomic E-state index is 5.90. The molecule has 1 aliphatic rings. The molecule has 4 aromatic carbocycles. The molecule has 4 N–H and O–H groups in total. The summed E-state index contributed by atoms with van der Waals surface area (Å²) in [6.07, 6.45) is 10.8. The highest BCUT2D eigenvalue weighted by molar-refractivity contribution is 5.62. The van der Waals surface area contributed by atoms with Crippen molar-refractivity contribution in [2.24, 2.45) is 0 Å². The number of benzene rings is 4. The van der Waals surface area contributed by atoms with E-state index in [4.69, 9.17) is 20.9 Å². The molecular formula is C32H28N2O2. The second-order valence-corrected chi connectivity index (χ2v) is 8.79. The number of ether oxygens (including phenoxy) is 2. The zero-order chi connectivity index (χ0) is 24.7. The Kier molecular flexibility index (Phi) is 6.86. The van der Waals surface area contributed by atoms with Gasteiger partial charge in [-0.15, -0.1) is 0 Å². The van der Waals surface area contributed by atoms with E-state index in [-0.39, 0.29) is 0 Å². The molecule has 0 saturated carbocycles. The summed E-state index contributed by atoms with van der Waals surface area (Å²) in [5.74, 6) is 3.04. The standard InChI is InChI=1S/C32H28N2O2/c33-27-6-2-8-31(21-27)35-29-14-10-23(11-15-29)18-25-4-1-5-26(20-25)19-24-12-16-30(17-13-24)36-32-9-3-7-28(34)22-32/h1-4,6-19,21-22H,5,20,33-34H2. The Labute approximate surface area is 211 Å². The van der Waals surface area contributed by atoms with Crippen molar-refractivity contribution < 1.29 is 9.47 Å². The molecule has 36 heavy (non-hydrogen) atoms. The molecule has 0 atom stereocenters. The van der Waals surface area contributed by atoms with Crippen LogP contribution < -0.4 is 20.9 Å². The zero-order valence-electron chi connectivity index (χ0n) is 19.9. The minimum absolute atomic E-state index is 0.684. The van der Waals surface area contributed by atoms with Gasteiger partial charge in [-0.2, -0.15) is 0 Å². The van der Waals surface area contributed by atoms with Gasteiger partial charge in [-0.1, -0.05) is 66.3 Å². The van der Waals surface area contributed by atoms with Crippen LogP contribution in [0.2, 0.25) is 0 Å². The van der Waals surface area contributed by atoms with Gasteiger partial charge < -0.3 is 20.9 Å². The molecule has 0 aliphatic heterocycles. The quantitative estimate of drug-likeness (QED) is 0.277. The minimum atomic E-state index is 0.684. The Balaban J connectivity index is 1.22. The van der Waals surface area contributed by atoms with Crippen LogP contribution in [0.5, 0.6) is 23.0 Å². The van der Waals surface area contributed by atoms with Crippen molar-refractivity contribution in [3.63, 3.8) is 0 Å². The summed E-state index contributed by atoms with van der Waals surface area (Å²) < 4.78 is 11.8. The molecule has 4 heteroatoms. The summed E-state index contributed by atoms with van der Waals surface area (Å²) in [5, 5.41) is 0. The Bertz CT molecular complexity index is 1430. The second kappa shape index (κ2) is 10.7. The van der Waals surface area contributed by atoms with Crippen molar-refractivity contribution >= 4 is 23.5 Å². The lowest BCUT2D eigenvalue weighted by Crippen LogP contribution is -1.92. The number of allylic oxidation sites excluding steroid dienone is 4. The maximum Gasteiger partial charge on any atom is 0.129 e. The fourth-order valence-corrected chi connectivity index (χ4v) is 4.11. The van der Waals surface area contributed by atoms with E-state index in [1.807, 2.05) is 72.8 Å². The molecule has 0 amide bonds. The summed E-state index contributed by atoms with van der Waals surface area (Å²) in [7, 11) is 0. The Hall–Kier alpha value is -4.70. The Morgan fingerprint density at radius 3 is 1.64 bits per heavy atom. The van der Waals surface area contributed by atoms with Crippen LogP contribution in [0.25, 0.3) is 12.2 Å². The van der Waals surface area contributed by atoms with Crippen molar-refractivity contribution in [1.82, 2.24) is 0 Å². The van der Waals surface area contributed by atoms with Gasteiger partial charge in [0.05, 0.1) is 0 Å². The predicted molar refractivity (Wildman–Crippen MR) is 149 cm³/mol. The summed E-state index contributed by atoms with van der Waals surface area (Å²) in [6, 6.07) is 31.1. The van der Waals surface area contributed by atoms with Crippen LogP contribution in [0.15, 0.2) is 120 Å². The van der Waals surface area contributed by atoms with E-state index in [1.165, 1.54) is 11.1 Å². The Morgan fingerprint density at radius 1 is 0.583 bits per heavy atom. The molecule has 0 radical (unpaired) electrons. The molecule has 0 bridgehead atoms. The first kappa shape index (κ1) is 23.1. The smallest absolute Gasteiger partial charge is 0.129 e. The van der Waals surface area contributed by atoms with Crippen molar-refractivity contribution in [3.8, 4) is 23.0 Å².